The van der Waals surface area contributed by atoms with E-state index < -0.39 is 10.0 Å². The monoisotopic (exact) mass is 321 g/mol. The lowest BCUT2D eigenvalue weighted by molar-refractivity contribution is 0.453. The highest BCUT2D eigenvalue weighted by molar-refractivity contribution is 7.89. The van der Waals surface area contributed by atoms with E-state index in [0.29, 0.717) is 11.4 Å². The molecule has 0 fully saturated rings. The zero-order valence-electron chi connectivity index (χ0n) is 13.7. The lowest BCUT2D eigenvalue weighted by atomic mass is 9.87. The highest BCUT2D eigenvalue weighted by atomic mass is 32.2. The summed E-state index contributed by atoms with van der Waals surface area (Å²) in [4.78, 5) is 0.310. The van der Waals surface area contributed by atoms with E-state index in [4.69, 9.17) is 0 Å². The maximum Gasteiger partial charge on any atom is 0.243 e. The van der Waals surface area contributed by atoms with E-state index in [0.717, 1.165) is 11.3 Å². The molecule has 0 aliphatic heterocycles. The Hall–Kier alpha value is -1.66. The molecule has 0 N–H and O–H groups in total. The van der Waals surface area contributed by atoms with Gasteiger partial charge in [-0.1, -0.05) is 32.9 Å². The maximum atomic E-state index is 12.6. The molecule has 120 valence electrons. The predicted molar refractivity (Wildman–Crippen MR) is 87.0 cm³/mol. The molecule has 0 atom stereocenters. The number of aromatic nitrogens is 2. The second-order valence-electron chi connectivity index (χ2n) is 6.48. The molecule has 0 radical (unpaired) electrons. The molecule has 0 saturated carbocycles. The van der Waals surface area contributed by atoms with Crippen LogP contribution in [0.5, 0.6) is 0 Å². The van der Waals surface area contributed by atoms with Crippen molar-refractivity contribution in [1.29, 1.82) is 0 Å². The van der Waals surface area contributed by atoms with Crippen LogP contribution in [0, 0.1) is 0 Å². The summed E-state index contributed by atoms with van der Waals surface area (Å²) in [6.45, 7) is 6.60. The summed E-state index contributed by atoms with van der Waals surface area (Å²) in [5.41, 5.74) is 1.96. The molecule has 1 aromatic heterocycles. The van der Waals surface area contributed by atoms with Crippen molar-refractivity contribution in [2.45, 2.75) is 37.6 Å². The van der Waals surface area contributed by atoms with Crippen LogP contribution >= 0.6 is 0 Å². The molecule has 0 amide bonds. The molecular weight excluding hydrogens is 298 g/mol. The Balaban J connectivity index is 2.24. The van der Waals surface area contributed by atoms with Gasteiger partial charge in [0.2, 0.25) is 10.0 Å². The van der Waals surface area contributed by atoms with Gasteiger partial charge in [0.1, 0.15) is 0 Å². The van der Waals surface area contributed by atoms with Gasteiger partial charge in [-0.2, -0.15) is 9.40 Å². The van der Waals surface area contributed by atoms with E-state index in [2.05, 4.69) is 25.9 Å². The third-order valence-electron chi connectivity index (χ3n) is 3.74. The Morgan fingerprint density at radius 2 is 1.73 bits per heavy atom. The summed E-state index contributed by atoms with van der Waals surface area (Å²) in [6, 6.07) is 8.93. The largest absolute Gasteiger partial charge is 0.271 e. The van der Waals surface area contributed by atoms with Crippen LogP contribution in [-0.2, 0) is 29.0 Å². The van der Waals surface area contributed by atoms with Crippen molar-refractivity contribution in [3.63, 3.8) is 0 Å². The van der Waals surface area contributed by atoms with Crippen LogP contribution < -0.4 is 0 Å². The summed E-state index contributed by atoms with van der Waals surface area (Å²) in [5, 5.41) is 4.06. The molecule has 0 bridgehead atoms. The molecule has 1 aromatic carbocycles. The Kier molecular flexibility index (Phi) is 4.44. The fraction of sp³-hybridized carbons (Fsp3) is 0.438. The van der Waals surface area contributed by atoms with E-state index in [1.54, 1.807) is 37.1 Å². The average molecular weight is 321 g/mol. The first-order valence-electron chi connectivity index (χ1n) is 7.16. The fourth-order valence-electron chi connectivity index (χ4n) is 2.18. The van der Waals surface area contributed by atoms with Gasteiger partial charge in [-0.25, -0.2) is 8.42 Å². The number of sulfonamides is 1. The zero-order chi connectivity index (χ0) is 16.5. The summed E-state index contributed by atoms with van der Waals surface area (Å²) in [6.07, 6.45) is 1.66. The van der Waals surface area contributed by atoms with E-state index in [1.165, 1.54) is 4.31 Å². The van der Waals surface area contributed by atoms with Crippen LogP contribution in [0.2, 0.25) is 0 Å². The van der Waals surface area contributed by atoms with Gasteiger partial charge in [-0.3, -0.25) is 4.68 Å². The Bertz CT molecular complexity index is 740. The van der Waals surface area contributed by atoms with Crippen LogP contribution in [0.15, 0.2) is 41.4 Å². The Morgan fingerprint density at radius 3 is 2.18 bits per heavy atom. The standard InChI is InChI=1S/C16H23N3O2S/c1-16(2,3)13-6-8-15(9-7-13)22(20,21)18(4)12-14-10-11-17-19(14)5/h6-11H,12H2,1-5H3. The van der Waals surface area contributed by atoms with Crippen molar-refractivity contribution in [2.75, 3.05) is 7.05 Å². The van der Waals surface area contributed by atoms with Gasteiger partial charge in [0.25, 0.3) is 0 Å². The molecule has 5 nitrogen and oxygen atoms in total. The second kappa shape index (κ2) is 5.85. The lowest BCUT2D eigenvalue weighted by Gasteiger charge is -2.21. The molecule has 0 unspecified atom stereocenters. The van der Waals surface area contributed by atoms with Gasteiger partial charge < -0.3 is 0 Å². The molecule has 0 saturated heterocycles. The molecule has 0 spiro atoms. The fourth-order valence-corrected chi connectivity index (χ4v) is 3.32. The minimum Gasteiger partial charge on any atom is -0.271 e. The normalized spacial score (nSPS) is 12.8. The smallest absolute Gasteiger partial charge is 0.243 e. The van der Waals surface area contributed by atoms with Crippen molar-refractivity contribution in [1.82, 2.24) is 14.1 Å². The van der Waals surface area contributed by atoms with Crippen LogP contribution in [0.25, 0.3) is 0 Å². The molecule has 0 aliphatic rings. The quantitative estimate of drug-likeness (QED) is 0.869. The van der Waals surface area contributed by atoms with Crippen molar-refractivity contribution < 1.29 is 8.42 Å². The number of rotatable bonds is 4. The number of benzene rings is 1. The Morgan fingerprint density at radius 1 is 1.14 bits per heavy atom. The third-order valence-corrected chi connectivity index (χ3v) is 5.55. The zero-order valence-corrected chi connectivity index (χ0v) is 14.6. The number of hydrogen-bond acceptors (Lipinski definition) is 3. The first-order chi connectivity index (χ1) is 10.1. The third kappa shape index (κ3) is 3.39. The molecular formula is C16H23N3O2S. The van der Waals surface area contributed by atoms with Gasteiger partial charge in [0, 0.05) is 20.3 Å². The maximum absolute atomic E-state index is 12.6. The minimum absolute atomic E-state index is 0.00288. The van der Waals surface area contributed by atoms with Crippen LogP contribution in [0.3, 0.4) is 0 Å². The minimum atomic E-state index is -3.50. The number of nitrogens with zero attached hydrogens (tertiary/aromatic N) is 3. The SMILES string of the molecule is CN(Cc1ccnn1C)S(=O)(=O)c1ccc(C(C)(C)C)cc1. The van der Waals surface area contributed by atoms with Crippen molar-refractivity contribution in [3.05, 3.63) is 47.8 Å². The molecule has 2 rings (SSSR count). The highest BCUT2D eigenvalue weighted by Crippen LogP contribution is 2.24. The predicted octanol–water partition coefficient (Wildman–Crippen LogP) is 2.54. The summed E-state index contributed by atoms with van der Waals surface area (Å²) in [7, 11) is -0.119. The second-order valence-corrected chi connectivity index (χ2v) is 8.53. The van der Waals surface area contributed by atoms with Gasteiger partial charge >= 0.3 is 0 Å². The number of hydrogen-bond donors (Lipinski definition) is 0. The van der Waals surface area contributed by atoms with Gasteiger partial charge in [0.05, 0.1) is 17.1 Å². The molecule has 2 aromatic rings. The highest BCUT2D eigenvalue weighted by Gasteiger charge is 2.22. The van der Waals surface area contributed by atoms with Crippen molar-refractivity contribution >= 4 is 10.0 Å². The van der Waals surface area contributed by atoms with Crippen LogP contribution in [-0.4, -0.2) is 29.6 Å². The summed E-state index contributed by atoms with van der Waals surface area (Å²) in [5.74, 6) is 0. The molecule has 22 heavy (non-hydrogen) atoms. The van der Waals surface area contributed by atoms with Crippen LogP contribution in [0.4, 0.5) is 0 Å². The Labute approximate surface area is 132 Å². The first kappa shape index (κ1) is 16.7. The lowest BCUT2D eigenvalue weighted by Crippen LogP contribution is -2.27. The molecule has 6 heteroatoms. The first-order valence-corrected chi connectivity index (χ1v) is 8.60. The molecule has 0 aliphatic carbocycles. The van der Waals surface area contributed by atoms with E-state index in [1.807, 2.05) is 18.2 Å². The van der Waals surface area contributed by atoms with E-state index in [9.17, 15) is 8.42 Å². The number of aryl methyl sites for hydroxylation is 1. The average Bonchev–Trinajstić information content (AvgIpc) is 2.83. The summed E-state index contributed by atoms with van der Waals surface area (Å²) >= 11 is 0. The summed E-state index contributed by atoms with van der Waals surface area (Å²) < 4.78 is 28.3. The van der Waals surface area contributed by atoms with Crippen molar-refractivity contribution in [2.24, 2.45) is 7.05 Å². The van der Waals surface area contributed by atoms with Gasteiger partial charge in [-0.05, 0) is 29.2 Å². The van der Waals surface area contributed by atoms with Gasteiger partial charge in [-0.15, -0.1) is 0 Å². The van der Waals surface area contributed by atoms with Crippen LogP contribution in [0.1, 0.15) is 32.0 Å². The molecule has 1 heterocycles. The topological polar surface area (TPSA) is 55.2 Å². The van der Waals surface area contributed by atoms with E-state index in [-0.39, 0.29) is 5.41 Å². The van der Waals surface area contributed by atoms with Gasteiger partial charge in [0.15, 0.2) is 0 Å². The van der Waals surface area contributed by atoms with Crippen molar-refractivity contribution in [3.8, 4) is 0 Å². The van der Waals surface area contributed by atoms with E-state index >= 15 is 0 Å².